The third kappa shape index (κ3) is 4.78. The summed E-state index contributed by atoms with van der Waals surface area (Å²) in [6, 6.07) is 12.6. The molecule has 0 saturated heterocycles. The van der Waals surface area contributed by atoms with E-state index in [1.807, 2.05) is 6.92 Å². The van der Waals surface area contributed by atoms with E-state index in [1.165, 1.54) is 18.2 Å². The molecule has 0 atom stereocenters. The lowest BCUT2D eigenvalue weighted by atomic mass is 10.1. The SMILES string of the molecule is CCNC(=O)c1ccccc1NC(=O)C=Cc1ccc(F)cc1. The fourth-order valence-corrected chi connectivity index (χ4v) is 1.97. The zero-order valence-corrected chi connectivity index (χ0v) is 12.7. The van der Waals surface area contributed by atoms with Gasteiger partial charge in [-0.3, -0.25) is 9.59 Å². The van der Waals surface area contributed by atoms with Gasteiger partial charge in [-0.25, -0.2) is 4.39 Å². The van der Waals surface area contributed by atoms with Crippen LogP contribution in [0.25, 0.3) is 6.08 Å². The van der Waals surface area contributed by atoms with Gasteiger partial charge in [0.25, 0.3) is 5.91 Å². The Morgan fingerprint density at radius 2 is 1.78 bits per heavy atom. The molecule has 0 fully saturated rings. The molecule has 0 aliphatic carbocycles. The van der Waals surface area contributed by atoms with E-state index in [9.17, 15) is 14.0 Å². The van der Waals surface area contributed by atoms with Gasteiger partial charge in [0.05, 0.1) is 11.3 Å². The molecule has 0 spiro atoms. The van der Waals surface area contributed by atoms with Crippen LogP contribution in [0.2, 0.25) is 0 Å². The van der Waals surface area contributed by atoms with Crippen LogP contribution in [0, 0.1) is 5.82 Å². The highest BCUT2D eigenvalue weighted by Gasteiger charge is 2.10. The topological polar surface area (TPSA) is 58.2 Å². The van der Waals surface area contributed by atoms with Crippen LogP contribution in [0.15, 0.2) is 54.6 Å². The predicted molar refractivity (Wildman–Crippen MR) is 88.5 cm³/mol. The van der Waals surface area contributed by atoms with Crippen molar-refractivity contribution in [1.29, 1.82) is 0 Å². The fourth-order valence-electron chi connectivity index (χ4n) is 1.97. The number of para-hydroxylation sites is 1. The highest BCUT2D eigenvalue weighted by Crippen LogP contribution is 2.15. The first-order valence-electron chi connectivity index (χ1n) is 7.22. The molecule has 118 valence electrons. The van der Waals surface area contributed by atoms with Gasteiger partial charge in [0.1, 0.15) is 5.82 Å². The van der Waals surface area contributed by atoms with Gasteiger partial charge in [0.15, 0.2) is 0 Å². The monoisotopic (exact) mass is 312 g/mol. The van der Waals surface area contributed by atoms with Crippen LogP contribution in [0.5, 0.6) is 0 Å². The number of rotatable bonds is 5. The molecule has 2 aromatic rings. The van der Waals surface area contributed by atoms with Gasteiger partial charge in [0, 0.05) is 12.6 Å². The Labute approximate surface area is 134 Å². The van der Waals surface area contributed by atoms with Crippen molar-refractivity contribution in [2.75, 3.05) is 11.9 Å². The van der Waals surface area contributed by atoms with Crippen LogP contribution in [-0.4, -0.2) is 18.4 Å². The Kier molecular flexibility index (Phi) is 5.63. The van der Waals surface area contributed by atoms with Crippen LogP contribution < -0.4 is 10.6 Å². The van der Waals surface area contributed by atoms with Crippen molar-refractivity contribution in [3.05, 3.63) is 71.6 Å². The van der Waals surface area contributed by atoms with Gasteiger partial charge in [0.2, 0.25) is 5.91 Å². The third-order valence-corrected chi connectivity index (χ3v) is 3.06. The number of amides is 2. The Balaban J connectivity index is 2.08. The number of hydrogen-bond acceptors (Lipinski definition) is 2. The first kappa shape index (κ1) is 16.4. The molecule has 0 aliphatic rings. The molecule has 5 heteroatoms. The van der Waals surface area contributed by atoms with E-state index in [-0.39, 0.29) is 17.6 Å². The van der Waals surface area contributed by atoms with Crippen molar-refractivity contribution in [2.45, 2.75) is 6.92 Å². The Bertz CT molecular complexity index is 724. The summed E-state index contributed by atoms with van der Waals surface area (Å²) in [4.78, 5) is 23.9. The number of benzene rings is 2. The van der Waals surface area contributed by atoms with Crippen LogP contribution in [-0.2, 0) is 4.79 Å². The molecule has 0 aromatic heterocycles. The second-order valence-electron chi connectivity index (χ2n) is 4.78. The van der Waals surface area contributed by atoms with Gasteiger partial charge in [-0.1, -0.05) is 24.3 Å². The minimum absolute atomic E-state index is 0.245. The number of halogens is 1. The van der Waals surface area contributed by atoms with Gasteiger partial charge in [-0.15, -0.1) is 0 Å². The van der Waals surface area contributed by atoms with Gasteiger partial charge in [-0.2, -0.15) is 0 Å². The maximum absolute atomic E-state index is 12.8. The summed E-state index contributed by atoms with van der Waals surface area (Å²) in [6.45, 7) is 2.33. The van der Waals surface area contributed by atoms with E-state index >= 15 is 0 Å². The molecule has 0 bridgehead atoms. The zero-order valence-electron chi connectivity index (χ0n) is 12.7. The molecule has 0 unspecified atom stereocenters. The molecule has 23 heavy (non-hydrogen) atoms. The molecular formula is C18H17FN2O2. The lowest BCUT2D eigenvalue weighted by Crippen LogP contribution is -2.24. The van der Waals surface area contributed by atoms with E-state index in [1.54, 1.807) is 42.5 Å². The normalized spacial score (nSPS) is 10.5. The standard InChI is InChI=1S/C18H17FN2O2/c1-2-20-18(23)15-5-3-4-6-16(15)21-17(22)12-9-13-7-10-14(19)11-8-13/h3-12H,2H2,1H3,(H,20,23)(H,21,22). The molecule has 2 N–H and O–H groups in total. The lowest BCUT2D eigenvalue weighted by molar-refractivity contribution is -0.111. The Morgan fingerprint density at radius 3 is 2.48 bits per heavy atom. The molecule has 2 aromatic carbocycles. The Morgan fingerprint density at radius 1 is 1.09 bits per heavy atom. The van der Waals surface area contributed by atoms with E-state index in [2.05, 4.69) is 10.6 Å². The van der Waals surface area contributed by atoms with Crippen LogP contribution in [0.1, 0.15) is 22.8 Å². The van der Waals surface area contributed by atoms with Crippen molar-refractivity contribution >= 4 is 23.6 Å². The zero-order chi connectivity index (χ0) is 16.7. The molecule has 4 nitrogen and oxygen atoms in total. The van der Waals surface area contributed by atoms with Gasteiger partial charge >= 0.3 is 0 Å². The second-order valence-corrected chi connectivity index (χ2v) is 4.78. The summed E-state index contributed by atoms with van der Waals surface area (Å²) in [6.07, 6.45) is 2.91. The molecule has 0 heterocycles. The highest BCUT2D eigenvalue weighted by atomic mass is 19.1. The molecule has 2 rings (SSSR count). The van der Waals surface area contributed by atoms with Crippen molar-refractivity contribution in [3.63, 3.8) is 0 Å². The van der Waals surface area contributed by atoms with Crippen molar-refractivity contribution in [2.24, 2.45) is 0 Å². The molecule has 0 aliphatic heterocycles. The van der Waals surface area contributed by atoms with Crippen molar-refractivity contribution in [3.8, 4) is 0 Å². The van der Waals surface area contributed by atoms with E-state index < -0.39 is 0 Å². The predicted octanol–water partition coefficient (Wildman–Crippen LogP) is 3.23. The van der Waals surface area contributed by atoms with E-state index in [0.717, 1.165) is 0 Å². The average Bonchev–Trinajstić information content (AvgIpc) is 2.55. The summed E-state index contributed by atoms with van der Waals surface area (Å²) < 4.78 is 12.8. The maximum atomic E-state index is 12.8. The van der Waals surface area contributed by atoms with Crippen LogP contribution >= 0.6 is 0 Å². The summed E-state index contributed by atoms with van der Waals surface area (Å²) in [5.74, 6) is -0.945. The van der Waals surface area contributed by atoms with Gasteiger partial charge in [-0.05, 0) is 42.8 Å². The summed E-state index contributed by atoms with van der Waals surface area (Å²) >= 11 is 0. The van der Waals surface area contributed by atoms with Crippen LogP contribution in [0.3, 0.4) is 0 Å². The molecule has 2 amide bonds. The minimum Gasteiger partial charge on any atom is -0.352 e. The first-order chi connectivity index (χ1) is 11.1. The number of nitrogens with one attached hydrogen (secondary N) is 2. The van der Waals surface area contributed by atoms with Crippen molar-refractivity contribution < 1.29 is 14.0 Å². The number of carbonyl (C=O) groups is 2. The molecular weight excluding hydrogens is 295 g/mol. The third-order valence-electron chi connectivity index (χ3n) is 3.06. The largest absolute Gasteiger partial charge is 0.352 e. The quantitative estimate of drug-likeness (QED) is 0.833. The second kappa shape index (κ2) is 7.89. The minimum atomic E-state index is -0.369. The first-order valence-corrected chi connectivity index (χ1v) is 7.22. The van der Waals surface area contributed by atoms with Crippen molar-refractivity contribution in [1.82, 2.24) is 5.32 Å². The van der Waals surface area contributed by atoms with E-state index in [4.69, 9.17) is 0 Å². The molecule has 0 saturated carbocycles. The fraction of sp³-hybridized carbons (Fsp3) is 0.111. The number of carbonyl (C=O) groups excluding carboxylic acids is 2. The number of hydrogen-bond donors (Lipinski definition) is 2. The lowest BCUT2D eigenvalue weighted by Gasteiger charge is -2.09. The smallest absolute Gasteiger partial charge is 0.253 e. The van der Waals surface area contributed by atoms with Crippen LogP contribution in [0.4, 0.5) is 10.1 Å². The molecule has 0 radical (unpaired) electrons. The maximum Gasteiger partial charge on any atom is 0.253 e. The summed E-state index contributed by atoms with van der Waals surface area (Å²) in [7, 11) is 0. The summed E-state index contributed by atoms with van der Waals surface area (Å²) in [5, 5.41) is 5.37. The average molecular weight is 312 g/mol. The van der Waals surface area contributed by atoms with E-state index in [0.29, 0.717) is 23.4 Å². The highest BCUT2D eigenvalue weighted by molar-refractivity contribution is 6.07. The number of anilines is 1. The Hall–Kier alpha value is -2.95. The summed E-state index contributed by atoms with van der Waals surface area (Å²) in [5.41, 5.74) is 1.55. The van der Waals surface area contributed by atoms with Gasteiger partial charge < -0.3 is 10.6 Å².